The van der Waals surface area contributed by atoms with E-state index in [1.54, 1.807) is 12.1 Å². The van der Waals surface area contributed by atoms with Gasteiger partial charge in [-0.3, -0.25) is 19.8 Å². The van der Waals surface area contributed by atoms with Crippen molar-refractivity contribution in [3.05, 3.63) is 88.2 Å². The lowest BCUT2D eigenvalue weighted by atomic mass is 10.1. The molecule has 1 aliphatic rings. The number of piperazine rings is 1. The molecule has 9 heteroatoms. The highest BCUT2D eigenvalue weighted by Crippen LogP contribution is 2.21. The predicted octanol–water partition coefficient (Wildman–Crippen LogP) is 2.96. The summed E-state index contributed by atoms with van der Waals surface area (Å²) in [6.45, 7) is 4.33. The molecule has 0 bridgehead atoms. The van der Waals surface area contributed by atoms with Crippen molar-refractivity contribution in [2.24, 2.45) is 0 Å². The van der Waals surface area contributed by atoms with E-state index in [2.05, 4.69) is 37.2 Å². The van der Waals surface area contributed by atoms with Gasteiger partial charge < -0.3 is 10.2 Å². The number of nitrogens with one attached hydrogen (secondary N) is 1. The number of aromatic nitrogens is 2. The van der Waals surface area contributed by atoms with Crippen molar-refractivity contribution in [1.82, 2.24) is 14.9 Å². The molecule has 0 saturated carbocycles. The minimum Gasteiger partial charge on any atom is -0.354 e. The Morgan fingerprint density at radius 2 is 1.71 bits per heavy atom. The molecule has 9 nitrogen and oxygen atoms in total. The molecule has 1 fully saturated rings. The van der Waals surface area contributed by atoms with Crippen LogP contribution in [0.15, 0.2) is 67.0 Å². The molecule has 3 aromatic rings. The fourth-order valence-corrected chi connectivity index (χ4v) is 3.57. The SMILES string of the molecule is O=C(Nc1cc(N2CCN(Cc3ccccc3)CC2)ncn1)c1ccccc1[N+](=O)[O-]. The average Bonchev–Trinajstić information content (AvgIpc) is 2.80. The van der Waals surface area contributed by atoms with Crippen molar-refractivity contribution in [2.75, 3.05) is 36.4 Å². The fraction of sp³-hybridized carbons (Fsp3) is 0.227. The van der Waals surface area contributed by atoms with Gasteiger partial charge in [-0.05, 0) is 11.6 Å². The fourth-order valence-electron chi connectivity index (χ4n) is 3.57. The quantitative estimate of drug-likeness (QED) is 0.485. The van der Waals surface area contributed by atoms with Crippen LogP contribution in [0.3, 0.4) is 0 Å². The molecule has 1 N–H and O–H groups in total. The Bertz CT molecular complexity index is 1070. The van der Waals surface area contributed by atoms with Gasteiger partial charge in [0.25, 0.3) is 11.6 Å². The number of amides is 1. The molecular formula is C22H22N6O3. The standard InChI is InChI=1S/C22H22N6O3/c29-22(18-8-4-5-9-19(18)28(30)31)25-20-14-21(24-16-23-20)27-12-10-26(11-13-27)15-17-6-2-1-3-7-17/h1-9,14,16H,10-13,15H2,(H,23,24,25,29). The number of para-hydroxylation sites is 1. The number of benzene rings is 2. The normalized spacial score (nSPS) is 14.3. The number of rotatable bonds is 6. The van der Waals surface area contributed by atoms with E-state index >= 15 is 0 Å². The highest BCUT2D eigenvalue weighted by atomic mass is 16.6. The molecular weight excluding hydrogens is 396 g/mol. The highest BCUT2D eigenvalue weighted by Gasteiger charge is 2.21. The third-order valence-electron chi connectivity index (χ3n) is 5.18. The zero-order valence-electron chi connectivity index (χ0n) is 16.8. The van der Waals surface area contributed by atoms with Crippen LogP contribution in [0.4, 0.5) is 17.3 Å². The van der Waals surface area contributed by atoms with Gasteiger partial charge in [0, 0.05) is 44.9 Å². The topological polar surface area (TPSA) is 104 Å². The van der Waals surface area contributed by atoms with Crippen LogP contribution in [0.2, 0.25) is 0 Å². The largest absolute Gasteiger partial charge is 0.354 e. The number of hydrogen-bond acceptors (Lipinski definition) is 7. The van der Waals surface area contributed by atoms with Gasteiger partial charge in [0.1, 0.15) is 23.5 Å². The Labute approximate surface area is 179 Å². The summed E-state index contributed by atoms with van der Waals surface area (Å²) in [6, 6.07) is 17.9. The number of nitro groups is 1. The van der Waals surface area contributed by atoms with Crippen molar-refractivity contribution >= 4 is 23.2 Å². The summed E-state index contributed by atoms with van der Waals surface area (Å²) < 4.78 is 0. The second-order valence-electron chi connectivity index (χ2n) is 7.24. The van der Waals surface area contributed by atoms with E-state index in [-0.39, 0.29) is 11.3 Å². The smallest absolute Gasteiger partial charge is 0.282 e. The summed E-state index contributed by atoms with van der Waals surface area (Å²) in [4.78, 5) is 36.1. The van der Waals surface area contributed by atoms with Crippen molar-refractivity contribution in [3.63, 3.8) is 0 Å². The monoisotopic (exact) mass is 418 g/mol. The lowest BCUT2D eigenvalue weighted by Gasteiger charge is -2.35. The zero-order chi connectivity index (χ0) is 21.6. The highest BCUT2D eigenvalue weighted by molar-refractivity contribution is 6.06. The van der Waals surface area contributed by atoms with Gasteiger partial charge in [-0.2, -0.15) is 0 Å². The lowest BCUT2D eigenvalue weighted by molar-refractivity contribution is -0.385. The zero-order valence-corrected chi connectivity index (χ0v) is 16.8. The summed E-state index contributed by atoms with van der Waals surface area (Å²) >= 11 is 0. The van der Waals surface area contributed by atoms with Crippen molar-refractivity contribution in [2.45, 2.75) is 6.54 Å². The molecule has 4 rings (SSSR count). The van der Waals surface area contributed by atoms with E-state index in [9.17, 15) is 14.9 Å². The number of anilines is 2. The van der Waals surface area contributed by atoms with Gasteiger partial charge in [0.15, 0.2) is 0 Å². The van der Waals surface area contributed by atoms with Crippen molar-refractivity contribution in [1.29, 1.82) is 0 Å². The Morgan fingerprint density at radius 3 is 2.45 bits per heavy atom. The Balaban J connectivity index is 1.39. The summed E-state index contributed by atoms with van der Waals surface area (Å²) in [6.07, 6.45) is 1.39. The molecule has 0 unspecified atom stereocenters. The molecule has 1 aromatic heterocycles. The van der Waals surface area contributed by atoms with Crippen LogP contribution in [0.5, 0.6) is 0 Å². The van der Waals surface area contributed by atoms with Crippen molar-refractivity contribution in [3.8, 4) is 0 Å². The van der Waals surface area contributed by atoms with Crippen LogP contribution in [0.1, 0.15) is 15.9 Å². The van der Waals surface area contributed by atoms with E-state index in [0.29, 0.717) is 11.6 Å². The van der Waals surface area contributed by atoms with E-state index in [1.807, 2.05) is 18.2 Å². The van der Waals surface area contributed by atoms with Gasteiger partial charge in [-0.25, -0.2) is 9.97 Å². The number of hydrogen-bond donors (Lipinski definition) is 1. The first-order valence-electron chi connectivity index (χ1n) is 9.98. The molecule has 1 aliphatic heterocycles. The van der Waals surface area contributed by atoms with Crippen LogP contribution in [0.25, 0.3) is 0 Å². The summed E-state index contributed by atoms with van der Waals surface area (Å²) in [5, 5.41) is 13.8. The third-order valence-corrected chi connectivity index (χ3v) is 5.18. The Hall–Kier alpha value is -3.85. The maximum absolute atomic E-state index is 12.5. The molecule has 0 radical (unpaired) electrons. The van der Waals surface area contributed by atoms with Crippen LogP contribution in [-0.4, -0.2) is 51.9 Å². The van der Waals surface area contributed by atoms with Crippen LogP contribution in [0, 0.1) is 10.1 Å². The molecule has 2 heterocycles. The molecule has 0 aliphatic carbocycles. The van der Waals surface area contributed by atoms with E-state index in [0.717, 1.165) is 32.7 Å². The van der Waals surface area contributed by atoms with Gasteiger partial charge in [0.05, 0.1) is 4.92 Å². The second kappa shape index (κ2) is 9.31. The summed E-state index contributed by atoms with van der Waals surface area (Å²) in [5.41, 5.74) is 1.03. The first kappa shape index (κ1) is 20.4. The molecule has 1 saturated heterocycles. The molecule has 158 valence electrons. The number of carbonyl (C=O) groups is 1. The van der Waals surface area contributed by atoms with E-state index in [1.165, 1.54) is 30.1 Å². The molecule has 31 heavy (non-hydrogen) atoms. The first-order valence-corrected chi connectivity index (χ1v) is 9.98. The van der Waals surface area contributed by atoms with Crippen LogP contribution >= 0.6 is 0 Å². The van der Waals surface area contributed by atoms with E-state index < -0.39 is 10.8 Å². The van der Waals surface area contributed by atoms with Gasteiger partial charge in [0.2, 0.25) is 0 Å². The lowest BCUT2D eigenvalue weighted by Crippen LogP contribution is -2.46. The number of carbonyl (C=O) groups excluding carboxylic acids is 1. The Kier molecular flexibility index (Phi) is 6.13. The first-order chi connectivity index (χ1) is 15.1. The van der Waals surface area contributed by atoms with Crippen LogP contribution < -0.4 is 10.2 Å². The minimum absolute atomic E-state index is 0.0119. The third kappa shape index (κ3) is 5.01. The number of nitro benzene ring substituents is 1. The van der Waals surface area contributed by atoms with Crippen LogP contribution in [-0.2, 0) is 6.54 Å². The molecule has 1 amide bonds. The summed E-state index contributed by atoms with van der Waals surface area (Å²) in [7, 11) is 0. The predicted molar refractivity (Wildman–Crippen MR) is 117 cm³/mol. The maximum Gasteiger partial charge on any atom is 0.282 e. The van der Waals surface area contributed by atoms with E-state index in [4.69, 9.17) is 0 Å². The Morgan fingerprint density at radius 1 is 1.00 bits per heavy atom. The van der Waals surface area contributed by atoms with Gasteiger partial charge in [-0.1, -0.05) is 42.5 Å². The second-order valence-corrected chi connectivity index (χ2v) is 7.24. The molecule has 0 spiro atoms. The van der Waals surface area contributed by atoms with Gasteiger partial charge >= 0.3 is 0 Å². The molecule has 2 aromatic carbocycles. The molecule has 0 atom stereocenters. The minimum atomic E-state index is -0.579. The number of nitrogens with zero attached hydrogens (tertiary/aromatic N) is 5. The van der Waals surface area contributed by atoms with Gasteiger partial charge in [-0.15, -0.1) is 0 Å². The summed E-state index contributed by atoms with van der Waals surface area (Å²) in [5.74, 6) is 0.441. The van der Waals surface area contributed by atoms with Crippen molar-refractivity contribution < 1.29 is 9.72 Å². The average molecular weight is 418 g/mol. The maximum atomic E-state index is 12.5.